The molecule has 3 amide bonds. The van der Waals surface area contributed by atoms with Crippen LogP contribution in [0.1, 0.15) is 45.1 Å². The first-order valence-corrected chi connectivity index (χ1v) is 10.1. The van der Waals surface area contributed by atoms with Crippen molar-refractivity contribution in [2.45, 2.75) is 64.1 Å². The number of phenols is 1. The molecule has 3 atom stereocenters. The average Bonchev–Trinajstić information content (AvgIpc) is 2.69. The fourth-order valence-corrected chi connectivity index (χ4v) is 3.07. The van der Waals surface area contributed by atoms with Gasteiger partial charge in [0.05, 0.1) is 0 Å². The van der Waals surface area contributed by atoms with E-state index in [2.05, 4.69) is 16.0 Å². The van der Waals surface area contributed by atoms with E-state index >= 15 is 0 Å². The van der Waals surface area contributed by atoms with Gasteiger partial charge in [-0.05, 0) is 37.5 Å². The van der Waals surface area contributed by atoms with Crippen LogP contribution in [0.3, 0.4) is 0 Å². The molecule has 164 valence electrons. The first-order chi connectivity index (χ1) is 14.3. The number of hydrogen-bond acceptors (Lipinski definition) is 6. The molecule has 0 aliphatic carbocycles. The molecule has 0 unspecified atom stereocenters. The zero-order chi connectivity index (χ0) is 22.1. The standard InChI is InChI=1S/C21H29N3O6/c1-13-19(21(29)30-13)24-20(28)17(12-15-7-9-16(26)10-8-15)23-18(27)6-4-3-5-11-22-14(2)25/h7-10,13,17,19,26H,3-6,11-12H2,1-2H3,(H,22,25)(H,23,27)(H,24,28)/t13-,17+,19+/m1/s1. The Morgan fingerprint density at radius 2 is 1.83 bits per heavy atom. The Morgan fingerprint density at radius 3 is 2.43 bits per heavy atom. The highest BCUT2D eigenvalue weighted by atomic mass is 16.6. The second kappa shape index (κ2) is 11.2. The monoisotopic (exact) mass is 419 g/mol. The topological polar surface area (TPSA) is 134 Å². The molecule has 1 heterocycles. The molecule has 9 nitrogen and oxygen atoms in total. The lowest BCUT2D eigenvalue weighted by atomic mass is 10.0. The SMILES string of the molecule is CC(=O)NCCCCCC(=O)N[C@@H](Cc1ccc(O)cc1)C(=O)N[C@@H]1C(=O)O[C@@H]1C. The molecule has 1 fully saturated rings. The number of carbonyl (C=O) groups is 4. The van der Waals surface area contributed by atoms with Crippen LogP contribution >= 0.6 is 0 Å². The van der Waals surface area contributed by atoms with Crippen LogP contribution in [0.15, 0.2) is 24.3 Å². The van der Waals surface area contributed by atoms with E-state index in [0.29, 0.717) is 13.0 Å². The van der Waals surface area contributed by atoms with Crippen molar-refractivity contribution >= 4 is 23.7 Å². The molecule has 0 bridgehead atoms. The van der Waals surface area contributed by atoms with Gasteiger partial charge in [0.15, 0.2) is 6.04 Å². The van der Waals surface area contributed by atoms with Gasteiger partial charge < -0.3 is 25.8 Å². The number of hydrogen-bond donors (Lipinski definition) is 4. The van der Waals surface area contributed by atoms with Crippen LogP contribution in [-0.4, -0.2) is 53.5 Å². The van der Waals surface area contributed by atoms with Crippen molar-refractivity contribution < 1.29 is 29.0 Å². The summed E-state index contributed by atoms with van der Waals surface area (Å²) in [5, 5.41) is 17.5. The van der Waals surface area contributed by atoms with Crippen LogP contribution in [-0.2, 0) is 30.3 Å². The number of ether oxygens (including phenoxy) is 1. The smallest absolute Gasteiger partial charge is 0.332 e. The summed E-state index contributed by atoms with van der Waals surface area (Å²) in [6.45, 7) is 3.70. The van der Waals surface area contributed by atoms with Gasteiger partial charge in [-0.1, -0.05) is 18.6 Å². The Labute approximate surface area is 175 Å². The van der Waals surface area contributed by atoms with Crippen molar-refractivity contribution in [2.24, 2.45) is 0 Å². The highest BCUT2D eigenvalue weighted by Crippen LogP contribution is 2.15. The quantitative estimate of drug-likeness (QED) is 0.306. The largest absolute Gasteiger partial charge is 0.508 e. The molecule has 1 saturated heterocycles. The van der Waals surface area contributed by atoms with Gasteiger partial charge >= 0.3 is 5.97 Å². The summed E-state index contributed by atoms with van der Waals surface area (Å²) in [5.41, 5.74) is 0.757. The molecule has 30 heavy (non-hydrogen) atoms. The highest BCUT2D eigenvalue weighted by molar-refractivity contribution is 5.92. The summed E-state index contributed by atoms with van der Waals surface area (Å²) >= 11 is 0. The normalized spacial score (nSPS) is 18.5. The van der Waals surface area contributed by atoms with Crippen molar-refractivity contribution in [3.05, 3.63) is 29.8 Å². The van der Waals surface area contributed by atoms with E-state index in [-0.39, 0.29) is 30.4 Å². The zero-order valence-corrected chi connectivity index (χ0v) is 17.3. The Bertz CT molecular complexity index is 765. The lowest BCUT2D eigenvalue weighted by molar-refractivity contribution is -0.176. The molecule has 9 heteroatoms. The van der Waals surface area contributed by atoms with Gasteiger partial charge in [-0.2, -0.15) is 0 Å². The van der Waals surface area contributed by atoms with E-state index in [4.69, 9.17) is 4.74 Å². The number of aromatic hydroxyl groups is 1. The number of carbonyl (C=O) groups excluding carboxylic acids is 4. The van der Waals surface area contributed by atoms with Crippen LogP contribution in [0.2, 0.25) is 0 Å². The molecular formula is C21H29N3O6. The number of nitrogens with one attached hydrogen (secondary N) is 3. The Morgan fingerprint density at radius 1 is 1.13 bits per heavy atom. The Balaban J connectivity index is 1.88. The van der Waals surface area contributed by atoms with E-state index in [1.54, 1.807) is 19.1 Å². The van der Waals surface area contributed by atoms with E-state index in [0.717, 1.165) is 18.4 Å². The van der Waals surface area contributed by atoms with E-state index in [9.17, 15) is 24.3 Å². The van der Waals surface area contributed by atoms with Gasteiger partial charge in [-0.15, -0.1) is 0 Å². The zero-order valence-electron chi connectivity index (χ0n) is 17.3. The second-order valence-corrected chi connectivity index (χ2v) is 7.41. The van der Waals surface area contributed by atoms with Crippen LogP contribution in [0.5, 0.6) is 5.75 Å². The van der Waals surface area contributed by atoms with Crippen molar-refractivity contribution in [1.29, 1.82) is 0 Å². The summed E-state index contributed by atoms with van der Waals surface area (Å²) in [6.07, 6.45) is 2.23. The maximum absolute atomic E-state index is 12.7. The molecule has 1 aromatic carbocycles. The number of amides is 3. The lowest BCUT2D eigenvalue weighted by Crippen LogP contribution is -2.62. The predicted octanol–water partition coefficient (Wildman–Crippen LogP) is 0.546. The summed E-state index contributed by atoms with van der Waals surface area (Å²) in [4.78, 5) is 47.4. The first-order valence-electron chi connectivity index (χ1n) is 10.1. The number of rotatable bonds is 11. The minimum absolute atomic E-state index is 0.0829. The van der Waals surface area contributed by atoms with E-state index in [1.807, 2.05) is 0 Å². The van der Waals surface area contributed by atoms with Crippen molar-refractivity contribution in [2.75, 3.05) is 6.54 Å². The molecule has 0 aromatic heterocycles. The Kier molecular flexibility index (Phi) is 8.64. The van der Waals surface area contributed by atoms with Gasteiger partial charge in [0.1, 0.15) is 17.9 Å². The molecule has 0 spiro atoms. The van der Waals surface area contributed by atoms with Gasteiger partial charge in [-0.3, -0.25) is 14.4 Å². The molecule has 2 rings (SSSR count). The molecule has 4 N–H and O–H groups in total. The van der Waals surface area contributed by atoms with Crippen LogP contribution in [0, 0.1) is 0 Å². The first kappa shape index (κ1) is 23.2. The summed E-state index contributed by atoms with van der Waals surface area (Å²) < 4.78 is 4.85. The summed E-state index contributed by atoms with van der Waals surface area (Å²) in [7, 11) is 0. The third-order valence-electron chi connectivity index (χ3n) is 4.81. The fraction of sp³-hybridized carbons (Fsp3) is 0.524. The third kappa shape index (κ3) is 7.38. The summed E-state index contributed by atoms with van der Waals surface area (Å²) in [5.74, 6) is -1.20. The number of cyclic esters (lactones) is 1. The molecular weight excluding hydrogens is 390 g/mol. The molecule has 1 aliphatic rings. The van der Waals surface area contributed by atoms with Crippen molar-refractivity contribution in [1.82, 2.24) is 16.0 Å². The third-order valence-corrected chi connectivity index (χ3v) is 4.81. The van der Waals surface area contributed by atoms with Gasteiger partial charge in [0.2, 0.25) is 17.7 Å². The van der Waals surface area contributed by atoms with E-state index < -0.39 is 30.1 Å². The van der Waals surface area contributed by atoms with Gasteiger partial charge in [0, 0.05) is 26.3 Å². The van der Waals surface area contributed by atoms with Crippen molar-refractivity contribution in [3.8, 4) is 5.75 Å². The minimum Gasteiger partial charge on any atom is -0.508 e. The minimum atomic E-state index is -0.859. The maximum atomic E-state index is 12.7. The molecule has 1 aromatic rings. The lowest BCUT2D eigenvalue weighted by Gasteiger charge is -2.33. The van der Waals surface area contributed by atoms with Gasteiger partial charge in [0.25, 0.3) is 0 Å². The molecule has 0 saturated carbocycles. The average molecular weight is 419 g/mol. The van der Waals surface area contributed by atoms with Crippen LogP contribution < -0.4 is 16.0 Å². The van der Waals surface area contributed by atoms with Crippen LogP contribution in [0.25, 0.3) is 0 Å². The molecule has 1 aliphatic heterocycles. The summed E-state index contributed by atoms with van der Waals surface area (Å²) in [6, 6.07) is 4.78. The van der Waals surface area contributed by atoms with E-state index in [1.165, 1.54) is 19.1 Å². The van der Waals surface area contributed by atoms with Crippen molar-refractivity contribution in [3.63, 3.8) is 0 Å². The van der Waals surface area contributed by atoms with Gasteiger partial charge in [-0.25, -0.2) is 4.79 Å². The highest BCUT2D eigenvalue weighted by Gasteiger charge is 2.41. The number of benzene rings is 1. The number of esters is 1. The van der Waals surface area contributed by atoms with Crippen LogP contribution in [0.4, 0.5) is 0 Å². The maximum Gasteiger partial charge on any atom is 0.332 e. The molecule has 0 radical (unpaired) electrons. The number of unbranched alkanes of at least 4 members (excludes halogenated alkanes) is 2. The predicted molar refractivity (Wildman–Crippen MR) is 108 cm³/mol. The number of phenolic OH excluding ortho intramolecular Hbond substituents is 1. The Hall–Kier alpha value is -3.10. The second-order valence-electron chi connectivity index (χ2n) is 7.41. The fourth-order valence-electron chi connectivity index (χ4n) is 3.07.